The van der Waals surface area contributed by atoms with Crippen LogP contribution < -0.4 is 10.6 Å². The predicted molar refractivity (Wildman–Crippen MR) is 98.7 cm³/mol. The summed E-state index contributed by atoms with van der Waals surface area (Å²) in [5.74, 6) is 0.306. The quantitative estimate of drug-likeness (QED) is 0.599. The molecule has 1 aromatic rings. The van der Waals surface area contributed by atoms with Crippen LogP contribution in [0.1, 0.15) is 26.2 Å². The fourth-order valence-electron chi connectivity index (χ4n) is 3.72. The van der Waals surface area contributed by atoms with Crippen molar-refractivity contribution in [1.29, 1.82) is 0 Å². The zero-order valence-corrected chi connectivity index (χ0v) is 15.4. The Bertz CT molecular complexity index is 689. The summed E-state index contributed by atoms with van der Waals surface area (Å²) in [6.07, 6.45) is 8.42. The fourth-order valence-corrected chi connectivity index (χ4v) is 4.37. The summed E-state index contributed by atoms with van der Waals surface area (Å²) in [6, 6.07) is 0.0174. The van der Waals surface area contributed by atoms with Crippen molar-refractivity contribution in [2.24, 2.45) is 11.3 Å². The summed E-state index contributed by atoms with van der Waals surface area (Å²) in [6.45, 7) is 2.71. The maximum atomic E-state index is 12.2. The van der Waals surface area contributed by atoms with E-state index in [9.17, 15) is 9.90 Å². The summed E-state index contributed by atoms with van der Waals surface area (Å²) < 4.78 is 0. The molecule has 25 heavy (non-hydrogen) atoms. The highest BCUT2D eigenvalue weighted by molar-refractivity contribution is 6.38. The number of carbonyl (C=O) groups excluding carboxylic acids is 1. The molecule has 1 aromatic heterocycles. The van der Waals surface area contributed by atoms with Gasteiger partial charge in [-0.3, -0.25) is 9.89 Å². The molecule has 0 aromatic carbocycles. The number of aromatic nitrogens is 2. The molecule has 136 valence electrons. The summed E-state index contributed by atoms with van der Waals surface area (Å²) >= 11 is 12.8. The minimum Gasteiger partial charge on any atom is -0.512 e. The molecule has 1 aliphatic heterocycles. The molecule has 1 amide bonds. The second-order valence-corrected chi connectivity index (χ2v) is 7.73. The number of piperidine rings is 1. The van der Waals surface area contributed by atoms with Gasteiger partial charge in [-0.15, -0.1) is 11.6 Å². The topological polar surface area (TPSA) is 90.0 Å². The smallest absolute Gasteiger partial charge is 0.226 e. The van der Waals surface area contributed by atoms with Gasteiger partial charge in [-0.2, -0.15) is 5.10 Å². The number of carbonyl (C=O) groups is 1. The van der Waals surface area contributed by atoms with Crippen LogP contribution in [0.25, 0.3) is 0 Å². The van der Waals surface area contributed by atoms with Crippen LogP contribution in [0.4, 0.5) is 5.69 Å². The first-order chi connectivity index (χ1) is 11.9. The zero-order chi connectivity index (χ0) is 18.0. The molecule has 1 fully saturated rings. The van der Waals surface area contributed by atoms with Crippen molar-refractivity contribution < 1.29 is 9.90 Å². The van der Waals surface area contributed by atoms with Crippen LogP contribution in [0.3, 0.4) is 0 Å². The Hall–Kier alpha value is -1.50. The number of aromatic amines is 1. The molecule has 0 saturated carbocycles. The Morgan fingerprint density at radius 2 is 2.32 bits per heavy atom. The maximum absolute atomic E-state index is 12.2. The number of anilines is 1. The third-order valence-corrected chi connectivity index (χ3v) is 6.42. The Morgan fingerprint density at radius 1 is 1.52 bits per heavy atom. The minimum atomic E-state index is -0.630. The molecule has 2 aliphatic rings. The second kappa shape index (κ2) is 7.40. The summed E-state index contributed by atoms with van der Waals surface area (Å²) in [4.78, 5) is 12.2. The number of alkyl halides is 1. The van der Waals surface area contributed by atoms with Crippen LogP contribution >= 0.6 is 23.2 Å². The van der Waals surface area contributed by atoms with Crippen molar-refractivity contribution >= 4 is 34.8 Å². The number of aliphatic hydroxyl groups excluding tert-OH is 1. The molecule has 4 atom stereocenters. The van der Waals surface area contributed by atoms with Gasteiger partial charge in [0.05, 0.1) is 17.3 Å². The van der Waals surface area contributed by atoms with E-state index in [0.29, 0.717) is 17.1 Å². The Balaban J connectivity index is 1.66. The molecule has 4 N–H and O–H groups in total. The molecular weight excluding hydrogens is 363 g/mol. The summed E-state index contributed by atoms with van der Waals surface area (Å²) in [5, 5.41) is 23.2. The van der Waals surface area contributed by atoms with E-state index >= 15 is 0 Å². The number of nitrogens with one attached hydrogen (secondary N) is 3. The lowest BCUT2D eigenvalue weighted by atomic mass is 9.66. The van der Waals surface area contributed by atoms with Crippen molar-refractivity contribution in [1.82, 2.24) is 15.5 Å². The van der Waals surface area contributed by atoms with E-state index in [2.05, 4.69) is 20.8 Å². The number of hydrogen-bond donors (Lipinski definition) is 4. The predicted octanol–water partition coefficient (Wildman–Crippen LogP) is 3.30. The van der Waals surface area contributed by atoms with E-state index in [0.717, 1.165) is 19.4 Å². The number of nitrogens with zero attached hydrogens (tertiary/aromatic N) is 1. The summed E-state index contributed by atoms with van der Waals surface area (Å²) in [7, 11) is 0. The Morgan fingerprint density at radius 3 is 3.04 bits per heavy atom. The van der Waals surface area contributed by atoms with Gasteiger partial charge in [0, 0.05) is 29.1 Å². The molecule has 2 heterocycles. The van der Waals surface area contributed by atoms with E-state index < -0.39 is 10.8 Å². The molecule has 8 heteroatoms. The SMILES string of the molecule is CC1([C@H]2CCN[C@@H](CC(=O)Nc3cn[nH]c3)C2)C(O)=CC=C(Cl)C1Cl. The highest BCUT2D eigenvalue weighted by Gasteiger charge is 2.48. The normalized spacial score (nSPS) is 32.7. The number of aliphatic hydroxyl groups is 1. The number of rotatable bonds is 4. The molecule has 6 nitrogen and oxygen atoms in total. The van der Waals surface area contributed by atoms with Crippen LogP contribution in [0.5, 0.6) is 0 Å². The lowest BCUT2D eigenvalue weighted by Gasteiger charge is -2.45. The van der Waals surface area contributed by atoms with E-state index in [1.165, 1.54) is 0 Å². The lowest BCUT2D eigenvalue weighted by Crippen LogP contribution is -2.49. The molecule has 3 rings (SSSR count). The van der Waals surface area contributed by atoms with E-state index in [1.807, 2.05) is 6.92 Å². The van der Waals surface area contributed by atoms with E-state index in [1.54, 1.807) is 24.5 Å². The van der Waals surface area contributed by atoms with Gasteiger partial charge in [0.15, 0.2) is 0 Å². The van der Waals surface area contributed by atoms with Crippen molar-refractivity contribution in [3.8, 4) is 0 Å². The number of allylic oxidation sites excluding steroid dienone is 4. The van der Waals surface area contributed by atoms with Crippen molar-refractivity contribution in [2.45, 2.75) is 37.6 Å². The van der Waals surface area contributed by atoms with Gasteiger partial charge in [0.2, 0.25) is 5.91 Å². The highest BCUT2D eigenvalue weighted by Crippen LogP contribution is 2.50. The van der Waals surface area contributed by atoms with Crippen LogP contribution in [-0.4, -0.2) is 39.2 Å². The van der Waals surface area contributed by atoms with Crippen molar-refractivity contribution in [2.75, 3.05) is 11.9 Å². The third kappa shape index (κ3) is 3.71. The fraction of sp³-hybridized carbons (Fsp3) is 0.529. The second-order valence-electron chi connectivity index (χ2n) is 6.86. The van der Waals surface area contributed by atoms with Crippen LogP contribution in [-0.2, 0) is 4.79 Å². The van der Waals surface area contributed by atoms with Gasteiger partial charge in [-0.05, 0) is 37.5 Å². The van der Waals surface area contributed by atoms with E-state index in [4.69, 9.17) is 23.2 Å². The molecule has 0 spiro atoms. The highest BCUT2D eigenvalue weighted by atomic mass is 35.5. The first-order valence-corrected chi connectivity index (χ1v) is 9.15. The van der Waals surface area contributed by atoms with Gasteiger partial charge in [0.25, 0.3) is 0 Å². The average Bonchev–Trinajstić information content (AvgIpc) is 3.09. The third-order valence-electron chi connectivity index (χ3n) is 5.28. The largest absolute Gasteiger partial charge is 0.512 e. The van der Waals surface area contributed by atoms with Crippen molar-refractivity contribution in [3.05, 3.63) is 35.3 Å². The zero-order valence-electron chi connectivity index (χ0n) is 13.9. The molecule has 1 aliphatic carbocycles. The maximum Gasteiger partial charge on any atom is 0.226 e. The van der Waals surface area contributed by atoms with Crippen LogP contribution in [0, 0.1) is 11.3 Å². The first kappa shape index (κ1) is 18.3. The lowest BCUT2D eigenvalue weighted by molar-refractivity contribution is -0.117. The minimum absolute atomic E-state index is 0.0174. The first-order valence-electron chi connectivity index (χ1n) is 8.34. The average molecular weight is 385 g/mol. The number of hydrogen-bond acceptors (Lipinski definition) is 4. The molecule has 0 bridgehead atoms. The molecular formula is C17H22Cl2N4O2. The molecule has 0 radical (unpaired) electrons. The van der Waals surface area contributed by atoms with Gasteiger partial charge in [-0.1, -0.05) is 18.5 Å². The number of amides is 1. The van der Waals surface area contributed by atoms with Crippen LogP contribution in [0.2, 0.25) is 0 Å². The number of halogens is 2. The Labute approximate surface area is 156 Å². The summed E-state index contributed by atoms with van der Waals surface area (Å²) in [5.41, 5.74) is 0.0179. The number of H-pyrrole nitrogens is 1. The van der Waals surface area contributed by atoms with Crippen molar-refractivity contribution in [3.63, 3.8) is 0 Å². The van der Waals surface area contributed by atoms with E-state index in [-0.39, 0.29) is 23.6 Å². The van der Waals surface area contributed by atoms with Gasteiger partial charge in [0.1, 0.15) is 5.76 Å². The standard InChI is InChI=1S/C17H22Cl2N4O2/c1-17(14(24)3-2-13(18)16(17)19)10-4-5-20-11(6-10)7-15(25)23-12-8-21-22-9-12/h2-3,8-11,16,20,24H,4-7H2,1H3,(H,21,22)(H,23,25)/t10-,11+,16?,17?/m0/s1. The van der Waals surface area contributed by atoms with Gasteiger partial charge < -0.3 is 15.7 Å². The van der Waals surface area contributed by atoms with Crippen LogP contribution in [0.15, 0.2) is 35.3 Å². The Kier molecular flexibility index (Phi) is 5.41. The van der Waals surface area contributed by atoms with Gasteiger partial charge in [-0.25, -0.2) is 0 Å². The molecule has 2 unspecified atom stereocenters. The molecule has 1 saturated heterocycles. The van der Waals surface area contributed by atoms with Gasteiger partial charge >= 0.3 is 0 Å². The monoisotopic (exact) mass is 384 g/mol.